The fraction of sp³-hybridized carbons (Fsp3) is 0.176. The summed E-state index contributed by atoms with van der Waals surface area (Å²) in [5, 5.41) is 14.3. The molecule has 126 valence electrons. The van der Waals surface area contributed by atoms with E-state index in [0.29, 0.717) is 16.3 Å². The van der Waals surface area contributed by atoms with Crippen molar-refractivity contribution in [3.63, 3.8) is 0 Å². The molecule has 0 fully saturated rings. The average Bonchev–Trinajstić information content (AvgIpc) is 3.17. The van der Waals surface area contributed by atoms with Crippen LogP contribution in [0.2, 0.25) is 0 Å². The molecular weight excluding hydrogens is 340 g/mol. The quantitative estimate of drug-likeness (QED) is 0.552. The highest BCUT2D eigenvalue weighted by molar-refractivity contribution is 7.21. The van der Waals surface area contributed by atoms with Gasteiger partial charge in [0.1, 0.15) is 9.71 Å². The summed E-state index contributed by atoms with van der Waals surface area (Å²) in [5.41, 5.74) is 9.12. The molecule has 3 aromatic rings. The monoisotopic (exact) mass is 354 g/mol. The van der Waals surface area contributed by atoms with E-state index in [4.69, 9.17) is 5.73 Å². The SMILES string of the molecule is Nc1c(C(=O)Nc2cccc([N+](=O)[O-])c2)sc2nc3c(cc12)CCC3. The molecule has 0 radical (unpaired) electrons. The standard InChI is InChI=1S/C17H14N4O3S/c18-14-12-7-9-3-1-6-13(9)20-17(12)25-15(14)16(22)19-10-4-2-5-11(8-10)21(23)24/h2,4-5,7-8H,1,3,6,18H2,(H,19,22). The number of pyridine rings is 1. The summed E-state index contributed by atoms with van der Waals surface area (Å²) < 4.78 is 0. The Bertz CT molecular complexity index is 1030. The number of nitrogens with one attached hydrogen (secondary N) is 1. The highest BCUT2D eigenvalue weighted by Crippen LogP contribution is 2.36. The van der Waals surface area contributed by atoms with Crippen LogP contribution in [0.25, 0.3) is 10.2 Å². The number of non-ortho nitro benzene ring substituents is 1. The summed E-state index contributed by atoms with van der Waals surface area (Å²) in [5.74, 6) is -0.388. The van der Waals surface area contributed by atoms with E-state index in [9.17, 15) is 14.9 Å². The Hall–Kier alpha value is -3.00. The molecule has 1 aliphatic carbocycles. The van der Waals surface area contributed by atoms with Crippen LogP contribution in [0.4, 0.5) is 17.1 Å². The molecule has 0 aliphatic heterocycles. The predicted molar refractivity (Wildman–Crippen MR) is 97.1 cm³/mol. The number of nitro benzene ring substituents is 1. The zero-order valence-electron chi connectivity index (χ0n) is 13.1. The number of amides is 1. The highest BCUT2D eigenvalue weighted by Gasteiger charge is 2.21. The lowest BCUT2D eigenvalue weighted by Crippen LogP contribution is -2.12. The second-order valence-corrected chi connectivity index (χ2v) is 6.91. The summed E-state index contributed by atoms with van der Waals surface area (Å²) in [4.78, 5) is 28.7. The molecule has 25 heavy (non-hydrogen) atoms. The molecular formula is C17H14N4O3S. The maximum Gasteiger partial charge on any atom is 0.271 e. The Labute approximate surface area is 146 Å². The highest BCUT2D eigenvalue weighted by atomic mass is 32.1. The first-order chi connectivity index (χ1) is 12.0. The molecule has 4 rings (SSSR count). The molecule has 1 amide bonds. The number of fused-ring (bicyclic) bond motifs is 2. The minimum absolute atomic E-state index is 0.0831. The molecule has 0 unspecified atom stereocenters. The summed E-state index contributed by atoms with van der Waals surface area (Å²) in [6, 6.07) is 7.83. The molecule has 8 heteroatoms. The number of benzene rings is 1. The molecule has 2 heterocycles. The van der Waals surface area contributed by atoms with Gasteiger partial charge in [0.05, 0.1) is 10.6 Å². The minimum atomic E-state index is -0.505. The Morgan fingerprint density at radius 1 is 1.32 bits per heavy atom. The van der Waals surface area contributed by atoms with Crippen molar-refractivity contribution in [3.8, 4) is 0 Å². The molecule has 1 aromatic carbocycles. The average molecular weight is 354 g/mol. The van der Waals surface area contributed by atoms with Gasteiger partial charge < -0.3 is 11.1 Å². The number of nitrogens with two attached hydrogens (primary N) is 1. The minimum Gasteiger partial charge on any atom is -0.397 e. The van der Waals surface area contributed by atoms with E-state index in [-0.39, 0.29) is 11.6 Å². The first kappa shape index (κ1) is 15.5. The van der Waals surface area contributed by atoms with E-state index in [1.165, 1.54) is 35.1 Å². The molecule has 0 atom stereocenters. The van der Waals surface area contributed by atoms with Crippen LogP contribution >= 0.6 is 11.3 Å². The van der Waals surface area contributed by atoms with E-state index >= 15 is 0 Å². The van der Waals surface area contributed by atoms with Gasteiger partial charge in [-0.25, -0.2) is 4.98 Å². The summed E-state index contributed by atoms with van der Waals surface area (Å²) >= 11 is 1.25. The number of anilines is 2. The van der Waals surface area contributed by atoms with Gasteiger partial charge in [-0.05, 0) is 37.0 Å². The maximum absolute atomic E-state index is 12.6. The zero-order chi connectivity index (χ0) is 17.6. The third-order valence-corrected chi connectivity index (χ3v) is 5.38. The lowest BCUT2D eigenvalue weighted by Gasteiger charge is -2.04. The van der Waals surface area contributed by atoms with Gasteiger partial charge in [-0.1, -0.05) is 6.07 Å². The molecule has 1 aliphatic rings. The van der Waals surface area contributed by atoms with Crippen LogP contribution in [0.1, 0.15) is 27.3 Å². The van der Waals surface area contributed by atoms with Crippen molar-refractivity contribution in [2.75, 3.05) is 11.1 Å². The second-order valence-electron chi connectivity index (χ2n) is 5.91. The second kappa shape index (κ2) is 5.82. The summed E-state index contributed by atoms with van der Waals surface area (Å²) in [6.07, 6.45) is 3.04. The van der Waals surface area contributed by atoms with Crippen LogP contribution in [-0.4, -0.2) is 15.8 Å². The fourth-order valence-electron chi connectivity index (χ4n) is 3.05. The van der Waals surface area contributed by atoms with Crippen LogP contribution < -0.4 is 11.1 Å². The first-order valence-electron chi connectivity index (χ1n) is 7.79. The van der Waals surface area contributed by atoms with Gasteiger partial charge in [-0.15, -0.1) is 11.3 Å². The number of carbonyl (C=O) groups excluding carboxylic acids is 1. The van der Waals surface area contributed by atoms with Crippen molar-refractivity contribution in [1.29, 1.82) is 0 Å². The molecule has 0 saturated carbocycles. The van der Waals surface area contributed by atoms with Gasteiger partial charge >= 0.3 is 0 Å². The van der Waals surface area contributed by atoms with Gasteiger partial charge in [0.15, 0.2) is 0 Å². The molecule has 2 aromatic heterocycles. The van der Waals surface area contributed by atoms with Crippen molar-refractivity contribution < 1.29 is 9.72 Å². The number of nitrogens with zero attached hydrogens (tertiary/aromatic N) is 2. The van der Waals surface area contributed by atoms with Crippen LogP contribution in [0.15, 0.2) is 30.3 Å². The molecule has 7 nitrogen and oxygen atoms in total. The number of nitrogen functional groups attached to an aromatic ring is 1. The predicted octanol–water partition coefficient (Wildman–Crippen LogP) is 3.53. The van der Waals surface area contributed by atoms with E-state index in [1.54, 1.807) is 6.07 Å². The lowest BCUT2D eigenvalue weighted by atomic mass is 10.1. The van der Waals surface area contributed by atoms with Crippen molar-refractivity contribution in [2.45, 2.75) is 19.3 Å². The van der Waals surface area contributed by atoms with E-state index < -0.39 is 4.92 Å². The summed E-state index contributed by atoms with van der Waals surface area (Å²) in [6.45, 7) is 0. The van der Waals surface area contributed by atoms with E-state index in [0.717, 1.165) is 35.2 Å². The van der Waals surface area contributed by atoms with Crippen LogP contribution in [0.5, 0.6) is 0 Å². The van der Waals surface area contributed by atoms with E-state index in [2.05, 4.69) is 10.3 Å². The zero-order valence-corrected chi connectivity index (χ0v) is 13.9. The van der Waals surface area contributed by atoms with Crippen molar-refractivity contribution >= 4 is 44.5 Å². The lowest BCUT2D eigenvalue weighted by molar-refractivity contribution is -0.384. The maximum atomic E-state index is 12.6. The Morgan fingerprint density at radius 3 is 2.96 bits per heavy atom. The smallest absolute Gasteiger partial charge is 0.271 e. The van der Waals surface area contributed by atoms with Gasteiger partial charge in [-0.3, -0.25) is 14.9 Å². The summed E-state index contributed by atoms with van der Waals surface area (Å²) in [7, 11) is 0. The first-order valence-corrected chi connectivity index (χ1v) is 8.61. The van der Waals surface area contributed by atoms with Crippen molar-refractivity contribution in [1.82, 2.24) is 4.98 Å². The van der Waals surface area contributed by atoms with Gasteiger partial charge in [0.2, 0.25) is 0 Å². The topological polar surface area (TPSA) is 111 Å². The molecule has 0 bridgehead atoms. The molecule has 3 N–H and O–H groups in total. The number of thiophene rings is 1. The van der Waals surface area contributed by atoms with Crippen molar-refractivity contribution in [3.05, 3.63) is 56.6 Å². The van der Waals surface area contributed by atoms with E-state index in [1.807, 2.05) is 6.07 Å². The number of rotatable bonds is 3. The Kier molecular flexibility index (Phi) is 3.61. The Balaban J connectivity index is 1.67. The third-order valence-electron chi connectivity index (χ3n) is 4.27. The van der Waals surface area contributed by atoms with Gasteiger partial charge in [0.25, 0.3) is 11.6 Å². The van der Waals surface area contributed by atoms with Crippen molar-refractivity contribution in [2.24, 2.45) is 0 Å². The Morgan fingerprint density at radius 2 is 2.16 bits per heavy atom. The van der Waals surface area contributed by atoms with Crippen LogP contribution in [0.3, 0.4) is 0 Å². The number of hydrogen-bond acceptors (Lipinski definition) is 6. The number of aromatic nitrogens is 1. The fourth-order valence-corrected chi connectivity index (χ4v) is 4.04. The van der Waals surface area contributed by atoms with Crippen LogP contribution in [-0.2, 0) is 12.8 Å². The number of hydrogen-bond donors (Lipinski definition) is 2. The van der Waals surface area contributed by atoms with Gasteiger partial charge in [0, 0.05) is 28.9 Å². The molecule has 0 spiro atoms. The van der Waals surface area contributed by atoms with Gasteiger partial charge in [-0.2, -0.15) is 0 Å². The largest absolute Gasteiger partial charge is 0.397 e. The normalized spacial score (nSPS) is 13.0. The van der Waals surface area contributed by atoms with Crippen LogP contribution in [0, 0.1) is 10.1 Å². The number of nitro groups is 1. The molecule has 0 saturated heterocycles. The third kappa shape index (κ3) is 2.70. The number of aryl methyl sites for hydroxylation is 2. The number of carbonyl (C=O) groups is 1.